The van der Waals surface area contributed by atoms with Gasteiger partial charge in [-0.15, -0.1) is 0 Å². The van der Waals surface area contributed by atoms with Gasteiger partial charge in [-0.1, -0.05) is 36.4 Å². The number of rotatable bonds is 6. The number of benzene rings is 2. The molecule has 2 N–H and O–H groups in total. The zero-order valence-electron chi connectivity index (χ0n) is 19.0. The summed E-state index contributed by atoms with van der Waals surface area (Å²) in [4.78, 5) is 38.7. The van der Waals surface area contributed by atoms with E-state index in [9.17, 15) is 14.4 Å². The van der Waals surface area contributed by atoms with Gasteiger partial charge in [0.25, 0.3) is 11.1 Å². The maximum absolute atomic E-state index is 13.0. The Morgan fingerprint density at radius 3 is 1.64 bits per heavy atom. The average Bonchev–Trinajstić information content (AvgIpc) is 3.16. The summed E-state index contributed by atoms with van der Waals surface area (Å²) in [6.45, 7) is 3.42. The predicted octanol–water partition coefficient (Wildman–Crippen LogP) is 2.33. The van der Waals surface area contributed by atoms with Crippen LogP contribution < -0.4 is 21.8 Å². The van der Waals surface area contributed by atoms with Crippen LogP contribution in [0.1, 0.15) is 11.4 Å². The summed E-state index contributed by atoms with van der Waals surface area (Å²) in [5, 5.41) is 5.64. The van der Waals surface area contributed by atoms with Crippen LogP contribution in [0, 0.1) is 13.8 Å². The van der Waals surface area contributed by atoms with Gasteiger partial charge in [0.2, 0.25) is 5.91 Å². The molecule has 0 atom stereocenters. The van der Waals surface area contributed by atoms with Crippen LogP contribution in [0.25, 0.3) is 11.4 Å². The van der Waals surface area contributed by atoms with Crippen LogP contribution in [-0.4, -0.2) is 31.2 Å². The van der Waals surface area contributed by atoms with Crippen LogP contribution in [0.2, 0.25) is 0 Å². The van der Waals surface area contributed by atoms with Crippen molar-refractivity contribution >= 4 is 17.3 Å². The Kier molecular flexibility index (Phi) is 5.78. The minimum absolute atomic E-state index is 0.159. The SMILES string of the molecule is Cc1c(NCC(=O)Nc2c(C)n(C)n(-c3ccccc3)c2=O)c(=O)n(-c2ccccc2)n1C. The van der Waals surface area contributed by atoms with Crippen LogP contribution in [0.4, 0.5) is 11.4 Å². The van der Waals surface area contributed by atoms with Gasteiger partial charge in [-0.3, -0.25) is 23.7 Å². The third-order valence-corrected chi connectivity index (χ3v) is 5.80. The number of nitrogens with zero attached hydrogens (tertiary/aromatic N) is 4. The summed E-state index contributed by atoms with van der Waals surface area (Å²) in [6, 6.07) is 18.5. The third kappa shape index (κ3) is 3.89. The number of hydrogen-bond donors (Lipinski definition) is 2. The number of hydrogen-bond acceptors (Lipinski definition) is 4. The first kappa shape index (κ1) is 21.9. The van der Waals surface area contributed by atoms with Crippen LogP contribution >= 0.6 is 0 Å². The molecule has 2 aromatic heterocycles. The van der Waals surface area contributed by atoms with Crippen LogP contribution in [0.5, 0.6) is 0 Å². The molecule has 0 aliphatic rings. The number of nitrogens with one attached hydrogen (secondary N) is 2. The molecule has 2 heterocycles. The first-order chi connectivity index (χ1) is 15.8. The second-order valence-corrected chi connectivity index (χ2v) is 7.77. The average molecular weight is 447 g/mol. The molecule has 2 aromatic carbocycles. The summed E-state index contributed by atoms with van der Waals surface area (Å²) in [5.74, 6) is -0.421. The molecule has 33 heavy (non-hydrogen) atoms. The maximum atomic E-state index is 13.0. The first-order valence-corrected chi connectivity index (χ1v) is 10.5. The van der Waals surface area contributed by atoms with Crippen molar-refractivity contribution < 1.29 is 4.79 Å². The fourth-order valence-electron chi connectivity index (χ4n) is 3.84. The molecule has 0 spiro atoms. The fraction of sp³-hybridized carbons (Fsp3) is 0.208. The molecule has 0 aliphatic carbocycles. The number of para-hydroxylation sites is 2. The maximum Gasteiger partial charge on any atom is 0.295 e. The Balaban J connectivity index is 1.55. The summed E-state index contributed by atoms with van der Waals surface area (Å²) in [6.07, 6.45) is 0. The van der Waals surface area contributed by atoms with E-state index in [0.29, 0.717) is 22.8 Å². The van der Waals surface area contributed by atoms with Crippen molar-refractivity contribution in [1.82, 2.24) is 18.7 Å². The topological polar surface area (TPSA) is 95.0 Å². The highest BCUT2D eigenvalue weighted by atomic mass is 16.2. The standard InChI is InChI=1S/C24H26N6O3/c1-16-21(23(32)29(27(16)3)18-11-7-5-8-12-18)25-15-20(31)26-22-17(2)28(4)30(24(22)33)19-13-9-6-10-14-19/h5-14,25H,15H2,1-4H3,(H,26,31). The van der Waals surface area contributed by atoms with E-state index in [4.69, 9.17) is 0 Å². The second-order valence-electron chi connectivity index (χ2n) is 7.77. The molecule has 0 aliphatic heterocycles. The van der Waals surface area contributed by atoms with Crippen molar-refractivity contribution in [3.63, 3.8) is 0 Å². The fourth-order valence-corrected chi connectivity index (χ4v) is 3.84. The van der Waals surface area contributed by atoms with Crippen molar-refractivity contribution in [2.75, 3.05) is 17.2 Å². The molecule has 0 saturated carbocycles. The molecule has 1 amide bonds. The highest BCUT2D eigenvalue weighted by Crippen LogP contribution is 2.15. The smallest absolute Gasteiger partial charge is 0.295 e. The Labute approximate surface area is 190 Å². The quantitative estimate of drug-likeness (QED) is 0.475. The molecule has 170 valence electrons. The van der Waals surface area contributed by atoms with E-state index >= 15 is 0 Å². The van der Waals surface area contributed by atoms with Gasteiger partial charge in [0, 0.05) is 14.1 Å². The molecule has 0 saturated heterocycles. The normalized spacial score (nSPS) is 10.9. The van der Waals surface area contributed by atoms with Gasteiger partial charge >= 0.3 is 0 Å². The lowest BCUT2D eigenvalue weighted by Crippen LogP contribution is -2.28. The van der Waals surface area contributed by atoms with E-state index in [1.807, 2.05) is 60.7 Å². The van der Waals surface area contributed by atoms with E-state index < -0.39 is 5.91 Å². The number of carbonyl (C=O) groups is 1. The van der Waals surface area contributed by atoms with Crippen LogP contribution in [0.15, 0.2) is 70.3 Å². The molecule has 0 bridgehead atoms. The predicted molar refractivity (Wildman–Crippen MR) is 129 cm³/mol. The largest absolute Gasteiger partial charge is 0.370 e. The van der Waals surface area contributed by atoms with Gasteiger partial charge in [0.1, 0.15) is 11.4 Å². The second kappa shape index (κ2) is 8.70. The lowest BCUT2D eigenvalue weighted by atomic mass is 10.3. The zero-order valence-corrected chi connectivity index (χ0v) is 19.0. The van der Waals surface area contributed by atoms with E-state index in [1.54, 1.807) is 37.3 Å². The lowest BCUT2D eigenvalue weighted by molar-refractivity contribution is -0.114. The van der Waals surface area contributed by atoms with Gasteiger partial charge in [0.05, 0.1) is 29.3 Å². The van der Waals surface area contributed by atoms with Crippen LogP contribution in [0.3, 0.4) is 0 Å². The minimum Gasteiger partial charge on any atom is -0.370 e. The number of carbonyl (C=O) groups excluding carboxylic acids is 1. The molecule has 0 unspecified atom stereocenters. The molecular weight excluding hydrogens is 420 g/mol. The highest BCUT2D eigenvalue weighted by Gasteiger charge is 2.20. The molecule has 9 nitrogen and oxygen atoms in total. The van der Waals surface area contributed by atoms with E-state index in [1.165, 1.54) is 9.36 Å². The van der Waals surface area contributed by atoms with Gasteiger partial charge in [-0.25, -0.2) is 9.36 Å². The van der Waals surface area contributed by atoms with Gasteiger partial charge in [-0.2, -0.15) is 0 Å². The van der Waals surface area contributed by atoms with Crippen molar-refractivity contribution in [3.8, 4) is 11.4 Å². The number of amides is 1. The summed E-state index contributed by atoms with van der Waals surface area (Å²) < 4.78 is 6.46. The summed E-state index contributed by atoms with van der Waals surface area (Å²) >= 11 is 0. The van der Waals surface area contributed by atoms with Crippen LogP contribution in [-0.2, 0) is 18.9 Å². The zero-order chi connectivity index (χ0) is 23.7. The molecule has 4 rings (SSSR count). The molecule has 0 fully saturated rings. The van der Waals surface area contributed by atoms with Gasteiger partial charge in [-0.05, 0) is 38.1 Å². The van der Waals surface area contributed by atoms with E-state index in [0.717, 1.165) is 5.69 Å². The Bertz CT molecular complexity index is 1430. The van der Waals surface area contributed by atoms with Gasteiger partial charge in [0.15, 0.2) is 0 Å². The summed E-state index contributed by atoms with van der Waals surface area (Å²) in [5.41, 5.74) is 2.72. The van der Waals surface area contributed by atoms with Crippen molar-refractivity contribution in [1.29, 1.82) is 0 Å². The van der Waals surface area contributed by atoms with E-state index in [-0.39, 0.29) is 23.4 Å². The molecule has 4 aromatic rings. The summed E-state index contributed by atoms with van der Waals surface area (Å²) in [7, 11) is 3.55. The highest BCUT2D eigenvalue weighted by molar-refractivity contribution is 5.94. The van der Waals surface area contributed by atoms with E-state index in [2.05, 4.69) is 10.6 Å². The monoisotopic (exact) mass is 446 g/mol. The first-order valence-electron chi connectivity index (χ1n) is 10.5. The third-order valence-electron chi connectivity index (χ3n) is 5.80. The van der Waals surface area contributed by atoms with Crippen molar-refractivity contribution in [2.24, 2.45) is 14.1 Å². The van der Waals surface area contributed by atoms with Crippen molar-refractivity contribution in [2.45, 2.75) is 13.8 Å². The Morgan fingerprint density at radius 1 is 0.727 bits per heavy atom. The molecule has 9 heteroatoms. The molecule has 0 radical (unpaired) electrons. The number of anilines is 2. The minimum atomic E-state index is -0.421. The Hall–Kier alpha value is -4.27. The van der Waals surface area contributed by atoms with Gasteiger partial charge < -0.3 is 10.6 Å². The van der Waals surface area contributed by atoms with Crippen molar-refractivity contribution in [3.05, 3.63) is 92.8 Å². The number of aromatic nitrogens is 4. The molecular formula is C24H26N6O3. The lowest BCUT2D eigenvalue weighted by Gasteiger charge is -2.07. The Morgan fingerprint density at radius 2 is 1.15 bits per heavy atom.